The molecule has 0 aromatic heterocycles. The molecule has 0 saturated carbocycles. The molecule has 34 heavy (non-hydrogen) atoms. The second-order valence-corrected chi connectivity index (χ2v) is 8.78. The molecule has 3 aromatic carbocycles. The summed E-state index contributed by atoms with van der Waals surface area (Å²) >= 11 is 0. The van der Waals surface area contributed by atoms with Crippen LogP contribution in [-0.2, 0) is 24.6 Å². The van der Waals surface area contributed by atoms with E-state index in [4.69, 9.17) is 14.2 Å². The Hall–Kier alpha value is -2.90. The highest BCUT2D eigenvalue weighted by molar-refractivity contribution is 5.85. The fourth-order valence-electron chi connectivity index (χ4n) is 4.47. The van der Waals surface area contributed by atoms with Crippen molar-refractivity contribution in [3.63, 3.8) is 0 Å². The highest BCUT2D eigenvalue weighted by Gasteiger charge is 2.49. The quantitative estimate of drug-likeness (QED) is 0.475. The Morgan fingerprint density at radius 2 is 1.35 bits per heavy atom. The lowest BCUT2D eigenvalue weighted by atomic mass is 9.80. The van der Waals surface area contributed by atoms with Gasteiger partial charge in [-0.15, -0.1) is 0 Å². The van der Waals surface area contributed by atoms with E-state index in [0.717, 1.165) is 16.7 Å². The van der Waals surface area contributed by atoms with Crippen molar-refractivity contribution in [3.05, 3.63) is 108 Å². The van der Waals surface area contributed by atoms with Gasteiger partial charge in [-0.05, 0) is 30.5 Å². The molecular weight excluding hydrogens is 435 g/mol. The van der Waals surface area contributed by atoms with Crippen LogP contribution in [0.2, 0.25) is 0 Å². The minimum Gasteiger partial charge on any atom is -0.388 e. The van der Waals surface area contributed by atoms with Crippen molar-refractivity contribution >= 4 is 5.78 Å². The third kappa shape index (κ3) is 4.81. The summed E-state index contributed by atoms with van der Waals surface area (Å²) in [6.07, 6.45) is -3.51. The number of halogens is 1. The molecule has 0 aliphatic carbocycles. The fourth-order valence-corrected chi connectivity index (χ4v) is 4.47. The highest BCUT2D eigenvalue weighted by atomic mass is 19.1. The summed E-state index contributed by atoms with van der Waals surface area (Å²) in [5.74, 6) is -1.90. The van der Waals surface area contributed by atoms with Gasteiger partial charge in [-0.25, -0.2) is 4.39 Å². The smallest absolute Gasteiger partial charge is 0.195 e. The zero-order valence-electron chi connectivity index (χ0n) is 19.3. The third-order valence-electron chi connectivity index (χ3n) is 5.97. The van der Waals surface area contributed by atoms with Crippen molar-refractivity contribution in [2.45, 2.75) is 43.5 Å². The van der Waals surface area contributed by atoms with Crippen molar-refractivity contribution < 1.29 is 28.5 Å². The SMILES string of the molecule is CC1(C)O[C@H](C(O)COC(c2ccccc2)(c2ccccc2)c2ccccc2)[C@H](C(=O)CF)O1. The number of rotatable bonds is 9. The molecule has 1 unspecified atom stereocenters. The van der Waals surface area contributed by atoms with Crippen molar-refractivity contribution in [1.29, 1.82) is 0 Å². The average molecular weight is 465 g/mol. The molecule has 1 fully saturated rings. The lowest BCUT2D eigenvalue weighted by molar-refractivity contribution is -0.164. The second-order valence-electron chi connectivity index (χ2n) is 8.78. The molecule has 0 radical (unpaired) electrons. The predicted octanol–water partition coefficient (Wildman–Crippen LogP) is 4.41. The molecule has 5 nitrogen and oxygen atoms in total. The first-order chi connectivity index (χ1) is 16.4. The first kappa shape index (κ1) is 24.2. The summed E-state index contributed by atoms with van der Waals surface area (Å²) in [4.78, 5) is 12.2. The van der Waals surface area contributed by atoms with Crippen LogP contribution in [0.5, 0.6) is 0 Å². The van der Waals surface area contributed by atoms with E-state index in [1.807, 2.05) is 91.0 Å². The molecule has 1 aliphatic heterocycles. The molecular formula is C28H29FO5. The second kappa shape index (κ2) is 10.2. The van der Waals surface area contributed by atoms with Gasteiger partial charge in [0.05, 0.1) is 6.61 Å². The molecule has 0 spiro atoms. The number of carbonyl (C=O) groups is 1. The average Bonchev–Trinajstić information content (AvgIpc) is 3.21. The number of ether oxygens (including phenoxy) is 3. The van der Waals surface area contributed by atoms with E-state index in [1.165, 1.54) is 0 Å². The fraction of sp³-hybridized carbons (Fsp3) is 0.321. The van der Waals surface area contributed by atoms with Gasteiger partial charge in [-0.3, -0.25) is 4.79 Å². The Bertz CT molecular complexity index is 975. The summed E-state index contributed by atoms with van der Waals surface area (Å²) in [6, 6.07) is 29.2. The lowest BCUT2D eigenvalue weighted by Crippen LogP contribution is -2.45. The maximum atomic E-state index is 13.2. The van der Waals surface area contributed by atoms with E-state index in [-0.39, 0.29) is 6.61 Å². The monoisotopic (exact) mass is 464 g/mol. The standard InChI is InChI=1S/C28H29FO5/c1-27(2)33-25(23(30)18-29)26(34-27)24(31)19-32-28(20-12-6-3-7-13-20,21-14-8-4-9-15-21)22-16-10-5-11-17-22/h3-17,24-26,31H,18-19H2,1-2H3/t24?,25-,26+/m0/s1. The van der Waals surface area contributed by atoms with Gasteiger partial charge in [0.25, 0.3) is 0 Å². The van der Waals surface area contributed by atoms with Crippen molar-refractivity contribution in [2.75, 3.05) is 13.3 Å². The van der Waals surface area contributed by atoms with Gasteiger partial charge in [-0.1, -0.05) is 91.0 Å². The predicted molar refractivity (Wildman–Crippen MR) is 126 cm³/mol. The number of alkyl halides is 1. The summed E-state index contributed by atoms with van der Waals surface area (Å²) in [7, 11) is 0. The number of carbonyl (C=O) groups excluding carboxylic acids is 1. The van der Waals surface area contributed by atoms with Crippen LogP contribution in [0, 0.1) is 0 Å². The number of benzene rings is 3. The summed E-state index contributed by atoms with van der Waals surface area (Å²) in [6.45, 7) is 1.87. The Morgan fingerprint density at radius 1 is 0.912 bits per heavy atom. The first-order valence-electron chi connectivity index (χ1n) is 11.3. The van der Waals surface area contributed by atoms with E-state index in [1.54, 1.807) is 13.8 Å². The number of hydrogen-bond donors (Lipinski definition) is 1. The number of hydrogen-bond acceptors (Lipinski definition) is 5. The van der Waals surface area contributed by atoms with E-state index in [0.29, 0.717) is 0 Å². The molecule has 4 rings (SSSR count). The molecule has 0 bridgehead atoms. The minimum atomic E-state index is -1.24. The molecule has 3 aromatic rings. The summed E-state index contributed by atoms with van der Waals surface area (Å²) in [5.41, 5.74) is 1.58. The number of aliphatic hydroxyl groups is 1. The maximum absolute atomic E-state index is 13.2. The zero-order chi connectivity index (χ0) is 24.2. The Balaban J connectivity index is 1.73. The van der Waals surface area contributed by atoms with Crippen LogP contribution in [0.4, 0.5) is 4.39 Å². The van der Waals surface area contributed by atoms with Crippen LogP contribution >= 0.6 is 0 Å². The van der Waals surface area contributed by atoms with Crippen molar-refractivity contribution in [1.82, 2.24) is 0 Å². The van der Waals surface area contributed by atoms with Crippen LogP contribution in [0.25, 0.3) is 0 Å². The molecule has 1 saturated heterocycles. The van der Waals surface area contributed by atoms with Gasteiger partial charge in [0.15, 0.2) is 24.3 Å². The largest absolute Gasteiger partial charge is 0.388 e. The molecule has 178 valence electrons. The Morgan fingerprint density at radius 3 is 1.76 bits per heavy atom. The number of ketones is 1. The van der Waals surface area contributed by atoms with E-state index < -0.39 is 42.2 Å². The lowest BCUT2D eigenvalue weighted by Gasteiger charge is -2.37. The van der Waals surface area contributed by atoms with Crippen molar-refractivity contribution in [3.8, 4) is 0 Å². The van der Waals surface area contributed by atoms with Gasteiger partial charge < -0.3 is 19.3 Å². The van der Waals surface area contributed by atoms with Gasteiger partial charge in [0.2, 0.25) is 0 Å². The van der Waals surface area contributed by atoms with Crippen LogP contribution in [0.15, 0.2) is 91.0 Å². The topological polar surface area (TPSA) is 65.0 Å². The Kier molecular flexibility index (Phi) is 7.24. The van der Waals surface area contributed by atoms with E-state index >= 15 is 0 Å². The van der Waals surface area contributed by atoms with Gasteiger partial charge in [0, 0.05) is 0 Å². The molecule has 0 amide bonds. The number of aliphatic hydroxyl groups excluding tert-OH is 1. The van der Waals surface area contributed by atoms with Gasteiger partial charge in [0.1, 0.15) is 17.8 Å². The Labute approximate surface area is 199 Å². The zero-order valence-corrected chi connectivity index (χ0v) is 19.3. The van der Waals surface area contributed by atoms with Crippen LogP contribution in [-0.4, -0.2) is 48.3 Å². The molecule has 1 N–H and O–H groups in total. The molecule has 1 heterocycles. The highest BCUT2D eigenvalue weighted by Crippen LogP contribution is 2.41. The third-order valence-corrected chi connectivity index (χ3v) is 5.97. The van der Waals surface area contributed by atoms with E-state index in [9.17, 15) is 14.3 Å². The minimum absolute atomic E-state index is 0.182. The van der Waals surface area contributed by atoms with Gasteiger partial charge >= 0.3 is 0 Å². The normalized spacial score (nSPS) is 20.7. The molecule has 1 aliphatic rings. The van der Waals surface area contributed by atoms with E-state index in [2.05, 4.69) is 0 Å². The van der Waals surface area contributed by atoms with Crippen molar-refractivity contribution in [2.24, 2.45) is 0 Å². The van der Waals surface area contributed by atoms with Crippen LogP contribution in [0.1, 0.15) is 30.5 Å². The first-order valence-corrected chi connectivity index (χ1v) is 11.3. The van der Waals surface area contributed by atoms with Gasteiger partial charge in [-0.2, -0.15) is 0 Å². The van der Waals surface area contributed by atoms with Crippen LogP contribution < -0.4 is 0 Å². The number of Topliss-reactive ketones (excluding diaryl/α,β-unsaturated/α-hetero) is 1. The molecule has 3 atom stereocenters. The van der Waals surface area contributed by atoms with Crippen LogP contribution in [0.3, 0.4) is 0 Å². The summed E-state index contributed by atoms with van der Waals surface area (Å²) < 4.78 is 31.2. The maximum Gasteiger partial charge on any atom is 0.195 e. The summed E-state index contributed by atoms with van der Waals surface area (Å²) in [5, 5.41) is 11.1. The molecule has 6 heteroatoms.